The van der Waals surface area contributed by atoms with E-state index in [1.165, 1.54) is 0 Å². The molecule has 1 aromatic heterocycles. The Labute approximate surface area is 99.0 Å². The van der Waals surface area contributed by atoms with Crippen molar-refractivity contribution in [2.75, 3.05) is 6.54 Å². The van der Waals surface area contributed by atoms with E-state index >= 15 is 0 Å². The fourth-order valence-corrected chi connectivity index (χ4v) is 1.76. The summed E-state index contributed by atoms with van der Waals surface area (Å²) >= 11 is 1.09. The maximum atomic E-state index is 11.8. The number of rotatable bonds is 5. The lowest BCUT2D eigenvalue weighted by atomic mass is 10.0. The van der Waals surface area contributed by atoms with E-state index in [4.69, 9.17) is 0 Å². The summed E-state index contributed by atoms with van der Waals surface area (Å²) in [5.74, 6) is -0.208. The first-order valence-corrected chi connectivity index (χ1v) is 6.09. The first-order chi connectivity index (χ1) is 7.50. The van der Waals surface area contributed by atoms with Gasteiger partial charge in [0, 0.05) is 6.54 Å². The van der Waals surface area contributed by atoms with Gasteiger partial charge in [0.05, 0.1) is 11.3 Å². The number of amides is 1. The number of aryl methyl sites for hydroxylation is 1. The number of nitrogens with one attached hydrogen (secondary N) is 1. The summed E-state index contributed by atoms with van der Waals surface area (Å²) in [5.41, 5.74) is -0.154. The Hall–Kier alpha value is -1.01. The lowest BCUT2D eigenvalue weighted by Crippen LogP contribution is -2.40. The average molecular weight is 243 g/mol. The number of nitrogens with zero attached hydrogens (tertiary/aromatic N) is 2. The third-order valence-corrected chi connectivity index (χ3v) is 3.26. The summed E-state index contributed by atoms with van der Waals surface area (Å²) in [6.45, 7) is 5.73. The highest BCUT2D eigenvalue weighted by Gasteiger charge is 2.21. The number of aliphatic hydroxyl groups is 1. The normalized spacial score (nSPS) is 14.5. The van der Waals surface area contributed by atoms with Gasteiger partial charge in [-0.15, -0.1) is 5.10 Å². The largest absolute Gasteiger partial charge is 0.388 e. The molecule has 0 aliphatic heterocycles. The molecule has 1 aromatic rings. The third kappa shape index (κ3) is 3.24. The van der Waals surface area contributed by atoms with Crippen LogP contribution in [0, 0.1) is 0 Å². The van der Waals surface area contributed by atoms with Crippen molar-refractivity contribution in [2.24, 2.45) is 0 Å². The molecule has 0 bridgehead atoms. The van der Waals surface area contributed by atoms with E-state index in [2.05, 4.69) is 14.9 Å². The number of carbonyl (C=O) groups excluding carboxylic acids is 1. The number of hydrogen-bond acceptors (Lipinski definition) is 5. The predicted octanol–water partition coefficient (Wildman–Crippen LogP) is 0.991. The Morgan fingerprint density at radius 1 is 1.56 bits per heavy atom. The van der Waals surface area contributed by atoms with Gasteiger partial charge in [-0.05, 0) is 31.3 Å². The Kier molecular flexibility index (Phi) is 4.37. The number of hydrogen-bond donors (Lipinski definition) is 2. The van der Waals surface area contributed by atoms with Gasteiger partial charge in [0.2, 0.25) is 0 Å². The molecule has 0 aliphatic rings. The van der Waals surface area contributed by atoms with Crippen LogP contribution in [0.2, 0.25) is 0 Å². The quantitative estimate of drug-likeness (QED) is 0.808. The minimum absolute atomic E-state index is 0.208. The number of carbonyl (C=O) groups is 1. The molecule has 2 N–H and O–H groups in total. The molecule has 1 unspecified atom stereocenters. The van der Waals surface area contributed by atoms with Crippen molar-refractivity contribution >= 4 is 17.4 Å². The van der Waals surface area contributed by atoms with Gasteiger partial charge in [-0.1, -0.05) is 18.3 Å². The molecule has 0 radical (unpaired) electrons. The molecular formula is C10H17N3O2S. The first kappa shape index (κ1) is 13.1. The monoisotopic (exact) mass is 243 g/mol. The molecule has 0 saturated carbocycles. The molecule has 1 rings (SSSR count). The standard InChI is InChI=1S/C10H17N3O2S/c1-4-7-8(16-13-12-7)9(14)11-6-10(3,15)5-2/h15H,4-6H2,1-3H3,(H,11,14). The maximum Gasteiger partial charge on any atom is 0.265 e. The van der Waals surface area contributed by atoms with Crippen LogP contribution in [0.5, 0.6) is 0 Å². The molecule has 1 atom stereocenters. The topological polar surface area (TPSA) is 75.1 Å². The van der Waals surface area contributed by atoms with Crippen molar-refractivity contribution in [3.05, 3.63) is 10.6 Å². The first-order valence-electron chi connectivity index (χ1n) is 5.32. The van der Waals surface area contributed by atoms with Crippen LogP contribution in [-0.2, 0) is 6.42 Å². The van der Waals surface area contributed by atoms with Gasteiger partial charge in [-0.2, -0.15) is 0 Å². The molecule has 5 nitrogen and oxygen atoms in total. The summed E-state index contributed by atoms with van der Waals surface area (Å²) in [7, 11) is 0. The van der Waals surface area contributed by atoms with E-state index in [1.807, 2.05) is 13.8 Å². The van der Waals surface area contributed by atoms with Gasteiger partial charge in [0.1, 0.15) is 4.88 Å². The van der Waals surface area contributed by atoms with Crippen molar-refractivity contribution in [2.45, 2.75) is 39.2 Å². The summed E-state index contributed by atoms with van der Waals surface area (Å²) in [6, 6.07) is 0. The Morgan fingerprint density at radius 2 is 2.25 bits per heavy atom. The Bertz CT molecular complexity index is 363. The minimum Gasteiger partial charge on any atom is -0.388 e. The van der Waals surface area contributed by atoms with E-state index in [-0.39, 0.29) is 12.5 Å². The molecule has 0 aliphatic carbocycles. The van der Waals surface area contributed by atoms with Crippen LogP contribution in [0.25, 0.3) is 0 Å². The van der Waals surface area contributed by atoms with E-state index in [9.17, 15) is 9.90 Å². The molecule has 1 heterocycles. The second-order valence-electron chi connectivity index (χ2n) is 3.94. The molecule has 0 spiro atoms. The fraction of sp³-hybridized carbons (Fsp3) is 0.700. The number of aromatic nitrogens is 2. The van der Waals surface area contributed by atoms with Gasteiger partial charge in [-0.25, -0.2) is 0 Å². The Balaban J connectivity index is 2.60. The molecule has 0 fully saturated rings. The second-order valence-corrected chi connectivity index (χ2v) is 4.69. The highest BCUT2D eigenvalue weighted by molar-refractivity contribution is 7.08. The molecule has 6 heteroatoms. The van der Waals surface area contributed by atoms with Crippen LogP contribution in [-0.4, -0.2) is 32.7 Å². The summed E-state index contributed by atoms with van der Waals surface area (Å²) in [4.78, 5) is 12.3. The summed E-state index contributed by atoms with van der Waals surface area (Å²) < 4.78 is 3.75. The molecule has 16 heavy (non-hydrogen) atoms. The summed E-state index contributed by atoms with van der Waals surface area (Å²) in [6.07, 6.45) is 1.28. The lowest BCUT2D eigenvalue weighted by molar-refractivity contribution is 0.0519. The second kappa shape index (κ2) is 5.36. The zero-order valence-electron chi connectivity index (χ0n) is 9.78. The highest BCUT2D eigenvalue weighted by atomic mass is 32.1. The van der Waals surface area contributed by atoms with Gasteiger partial charge >= 0.3 is 0 Å². The van der Waals surface area contributed by atoms with E-state index in [0.29, 0.717) is 23.4 Å². The zero-order valence-corrected chi connectivity index (χ0v) is 10.6. The van der Waals surface area contributed by atoms with Gasteiger partial charge in [-0.3, -0.25) is 4.79 Å². The highest BCUT2D eigenvalue weighted by Crippen LogP contribution is 2.12. The van der Waals surface area contributed by atoms with Crippen LogP contribution in [0.4, 0.5) is 0 Å². The minimum atomic E-state index is -0.861. The smallest absolute Gasteiger partial charge is 0.265 e. The van der Waals surface area contributed by atoms with E-state index in [0.717, 1.165) is 11.5 Å². The fourth-order valence-electron chi connectivity index (χ4n) is 1.09. The maximum absolute atomic E-state index is 11.8. The molecule has 0 aromatic carbocycles. The predicted molar refractivity (Wildman–Crippen MR) is 62.5 cm³/mol. The molecule has 0 saturated heterocycles. The van der Waals surface area contributed by atoms with Crippen molar-refractivity contribution in [3.63, 3.8) is 0 Å². The van der Waals surface area contributed by atoms with Crippen molar-refractivity contribution in [3.8, 4) is 0 Å². The van der Waals surface area contributed by atoms with E-state index < -0.39 is 5.60 Å². The van der Waals surface area contributed by atoms with Gasteiger partial charge < -0.3 is 10.4 Å². The average Bonchev–Trinajstić information content (AvgIpc) is 2.74. The lowest BCUT2D eigenvalue weighted by Gasteiger charge is -2.21. The van der Waals surface area contributed by atoms with Crippen molar-refractivity contribution in [1.29, 1.82) is 0 Å². The molecule has 1 amide bonds. The van der Waals surface area contributed by atoms with Crippen LogP contribution in [0.1, 0.15) is 42.6 Å². The zero-order chi connectivity index (χ0) is 12.2. The van der Waals surface area contributed by atoms with Crippen LogP contribution >= 0.6 is 11.5 Å². The van der Waals surface area contributed by atoms with E-state index in [1.54, 1.807) is 6.92 Å². The van der Waals surface area contributed by atoms with Gasteiger partial charge in [0.25, 0.3) is 5.91 Å². The third-order valence-electron chi connectivity index (χ3n) is 2.49. The van der Waals surface area contributed by atoms with Crippen molar-refractivity contribution < 1.29 is 9.90 Å². The van der Waals surface area contributed by atoms with Crippen LogP contribution in [0.15, 0.2) is 0 Å². The SMILES string of the molecule is CCc1nnsc1C(=O)NCC(C)(O)CC. The van der Waals surface area contributed by atoms with Gasteiger partial charge in [0.15, 0.2) is 0 Å². The molecular weight excluding hydrogens is 226 g/mol. The van der Waals surface area contributed by atoms with Crippen LogP contribution < -0.4 is 5.32 Å². The van der Waals surface area contributed by atoms with Crippen molar-refractivity contribution in [1.82, 2.24) is 14.9 Å². The van der Waals surface area contributed by atoms with Crippen LogP contribution in [0.3, 0.4) is 0 Å². The molecule has 90 valence electrons. The Morgan fingerprint density at radius 3 is 2.81 bits per heavy atom. The summed E-state index contributed by atoms with van der Waals surface area (Å²) in [5, 5.41) is 16.3.